The van der Waals surface area contributed by atoms with Crippen LogP contribution in [0.4, 0.5) is 5.69 Å². The van der Waals surface area contributed by atoms with Crippen molar-refractivity contribution in [1.82, 2.24) is 0 Å². The topological polar surface area (TPSA) is 102 Å². The molecule has 0 atom stereocenters. The lowest BCUT2D eigenvalue weighted by Crippen LogP contribution is -2.37. The molecule has 1 saturated carbocycles. The van der Waals surface area contributed by atoms with Crippen LogP contribution in [0.1, 0.15) is 48.9 Å². The number of nitrogens with one attached hydrogen (secondary N) is 1. The van der Waals surface area contributed by atoms with Gasteiger partial charge in [0.05, 0.1) is 30.9 Å². The molecule has 1 amide bonds. The van der Waals surface area contributed by atoms with Crippen LogP contribution >= 0.6 is 0 Å². The van der Waals surface area contributed by atoms with E-state index in [1.165, 1.54) is 26.4 Å². The Balaban J connectivity index is 2.19. The quantitative estimate of drug-likeness (QED) is 0.766. The average Bonchev–Trinajstić information content (AvgIpc) is 2.61. The van der Waals surface area contributed by atoms with Crippen LogP contribution in [0.5, 0.6) is 5.75 Å². The summed E-state index contributed by atoms with van der Waals surface area (Å²) < 4.78 is 9.81. The molecule has 1 aliphatic carbocycles. The zero-order chi connectivity index (χ0) is 18.4. The van der Waals surface area contributed by atoms with Crippen molar-refractivity contribution in [3.63, 3.8) is 0 Å². The monoisotopic (exact) mass is 349 g/mol. The fourth-order valence-electron chi connectivity index (χ4n) is 3.23. The van der Waals surface area contributed by atoms with Crippen LogP contribution in [0, 0.1) is 5.41 Å². The van der Waals surface area contributed by atoms with Crippen LogP contribution in [0.3, 0.4) is 0 Å². The minimum atomic E-state index is -1.03. The zero-order valence-electron chi connectivity index (χ0n) is 14.5. The predicted molar refractivity (Wildman–Crippen MR) is 90.7 cm³/mol. The van der Waals surface area contributed by atoms with Gasteiger partial charge in [0.15, 0.2) is 0 Å². The fraction of sp³-hybridized carbons (Fsp3) is 0.500. The van der Waals surface area contributed by atoms with Gasteiger partial charge >= 0.3 is 11.9 Å². The van der Waals surface area contributed by atoms with Gasteiger partial charge in [-0.25, -0.2) is 4.79 Å². The van der Waals surface area contributed by atoms with Crippen LogP contribution < -0.4 is 10.1 Å². The van der Waals surface area contributed by atoms with Gasteiger partial charge in [0.2, 0.25) is 5.91 Å². The molecule has 0 aromatic heterocycles. The highest BCUT2D eigenvalue weighted by atomic mass is 16.5. The van der Waals surface area contributed by atoms with E-state index in [0.717, 1.165) is 19.3 Å². The minimum Gasteiger partial charge on any atom is -0.497 e. The highest BCUT2D eigenvalue weighted by Gasteiger charge is 2.41. The van der Waals surface area contributed by atoms with Crippen LogP contribution in [0.15, 0.2) is 18.2 Å². The van der Waals surface area contributed by atoms with Crippen LogP contribution in [0.25, 0.3) is 0 Å². The largest absolute Gasteiger partial charge is 0.497 e. The Morgan fingerprint density at radius 1 is 1.16 bits per heavy atom. The van der Waals surface area contributed by atoms with Gasteiger partial charge in [-0.3, -0.25) is 9.59 Å². The summed E-state index contributed by atoms with van der Waals surface area (Å²) in [4.78, 5) is 36.1. The first-order valence-electron chi connectivity index (χ1n) is 8.21. The average molecular weight is 349 g/mol. The molecule has 7 nitrogen and oxygen atoms in total. The number of carboxylic acids is 1. The summed E-state index contributed by atoms with van der Waals surface area (Å²) in [5.41, 5.74) is -0.600. The molecule has 25 heavy (non-hydrogen) atoms. The van der Waals surface area contributed by atoms with Crippen molar-refractivity contribution < 1.29 is 29.0 Å². The summed E-state index contributed by atoms with van der Waals surface area (Å²) in [5, 5.41) is 12.2. The molecule has 0 bridgehead atoms. The van der Waals surface area contributed by atoms with Gasteiger partial charge in [0.25, 0.3) is 0 Å². The van der Waals surface area contributed by atoms with Crippen molar-refractivity contribution in [3.8, 4) is 5.75 Å². The standard InChI is InChI=1S/C18H23NO6/c1-24-12-6-7-14(13(10-12)16(21)25-2)19-15(20)11-18(17(22)23)8-4-3-5-9-18/h6-7,10H,3-5,8-9,11H2,1-2H3,(H,19,20)(H,22,23). The number of esters is 1. The molecule has 0 radical (unpaired) electrons. The number of hydrogen-bond acceptors (Lipinski definition) is 5. The van der Waals surface area contributed by atoms with Crippen LogP contribution in [-0.4, -0.2) is 37.2 Å². The molecule has 1 aromatic rings. The second-order valence-corrected chi connectivity index (χ2v) is 6.27. The maximum atomic E-state index is 12.5. The lowest BCUT2D eigenvalue weighted by Gasteiger charge is -2.32. The molecule has 2 rings (SSSR count). The highest BCUT2D eigenvalue weighted by Crippen LogP contribution is 2.40. The lowest BCUT2D eigenvalue weighted by molar-refractivity contribution is -0.153. The number of anilines is 1. The predicted octanol–water partition coefficient (Wildman–Crippen LogP) is 2.85. The summed E-state index contributed by atoms with van der Waals surface area (Å²) >= 11 is 0. The molecular weight excluding hydrogens is 326 g/mol. The Labute approximate surface area is 146 Å². The first-order chi connectivity index (χ1) is 11.9. The Hall–Kier alpha value is -2.57. The Morgan fingerprint density at radius 2 is 1.84 bits per heavy atom. The van der Waals surface area contributed by atoms with Gasteiger partial charge in [-0.2, -0.15) is 0 Å². The number of aliphatic carboxylic acids is 1. The van der Waals surface area contributed by atoms with E-state index in [9.17, 15) is 19.5 Å². The number of hydrogen-bond donors (Lipinski definition) is 2. The van der Waals surface area contributed by atoms with E-state index >= 15 is 0 Å². The molecule has 0 aliphatic heterocycles. The molecule has 1 fully saturated rings. The Kier molecular flexibility index (Phi) is 6.01. The molecule has 1 aliphatic rings. The molecule has 0 unspecified atom stereocenters. The van der Waals surface area contributed by atoms with Gasteiger partial charge in [0, 0.05) is 6.42 Å². The molecule has 0 saturated heterocycles. The molecule has 0 spiro atoms. The van der Waals surface area contributed by atoms with Gasteiger partial charge < -0.3 is 19.9 Å². The van der Waals surface area contributed by atoms with E-state index < -0.39 is 23.3 Å². The number of carboxylic acid groups (broad SMARTS) is 1. The number of carbonyl (C=O) groups excluding carboxylic acids is 2. The number of methoxy groups -OCH3 is 2. The normalized spacial score (nSPS) is 15.9. The van der Waals surface area contributed by atoms with Crippen molar-refractivity contribution in [3.05, 3.63) is 23.8 Å². The molecule has 1 aromatic carbocycles. The smallest absolute Gasteiger partial charge is 0.340 e. The maximum absolute atomic E-state index is 12.5. The SMILES string of the molecule is COC(=O)c1cc(OC)ccc1NC(=O)CC1(C(=O)O)CCCCC1. The number of amides is 1. The van der Waals surface area contributed by atoms with Crippen LogP contribution in [-0.2, 0) is 14.3 Å². The summed E-state index contributed by atoms with van der Waals surface area (Å²) in [5.74, 6) is -1.53. The lowest BCUT2D eigenvalue weighted by atomic mass is 9.71. The third kappa shape index (κ3) is 4.29. The van der Waals surface area contributed by atoms with Gasteiger partial charge in [0.1, 0.15) is 5.75 Å². The van der Waals surface area contributed by atoms with Crippen molar-refractivity contribution in [2.24, 2.45) is 5.41 Å². The number of benzene rings is 1. The number of ether oxygens (including phenoxy) is 2. The summed E-state index contributed by atoms with van der Waals surface area (Å²) in [6.45, 7) is 0. The van der Waals surface area contributed by atoms with Gasteiger partial charge in [-0.15, -0.1) is 0 Å². The van der Waals surface area contributed by atoms with Crippen molar-refractivity contribution in [1.29, 1.82) is 0 Å². The minimum absolute atomic E-state index is 0.116. The molecule has 0 heterocycles. The van der Waals surface area contributed by atoms with Gasteiger partial charge in [-0.1, -0.05) is 19.3 Å². The number of carbonyl (C=O) groups is 3. The van der Waals surface area contributed by atoms with E-state index in [2.05, 4.69) is 5.32 Å². The highest BCUT2D eigenvalue weighted by molar-refractivity contribution is 6.02. The Bertz CT molecular complexity index is 664. The Morgan fingerprint density at radius 3 is 2.40 bits per heavy atom. The summed E-state index contributed by atoms with van der Waals surface area (Å²) in [6, 6.07) is 4.61. The van der Waals surface area contributed by atoms with Crippen molar-refractivity contribution >= 4 is 23.5 Å². The third-order valence-electron chi connectivity index (χ3n) is 4.67. The fourth-order valence-corrected chi connectivity index (χ4v) is 3.23. The summed E-state index contributed by atoms with van der Waals surface area (Å²) in [7, 11) is 2.71. The van der Waals surface area contributed by atoms with E-state index in [0.29, 0.717) is 18.6 Å². The molecule has 2 N–H and O–H groups in total. The van der Waals surface area contributed by atoms with Crippen LogP contribution in [0.2, 0.25) is 0 Å². The molecule has 136 valence electrons. The van der Waals surface area contributed by atoms with E-state index in [1.807, 2.05) is 0 Å². The molecular formula is C18H23NO6. The van der Waals surface area contributed by atoms with Crippen molar-refractivity contribution in [2.75, 3.05) is 19.5 Å². The molecule has 7 heteroatoms. The van der Waals surface area contributed by atoms with E-state index in [4.69, 9.17) is 9.47 Å². The van der Waals surface area contributed by atoms with Crippen molar-refractivity contribution in [2.45, 2.75) is 38.5 Å². The maximum Gasteiger partial charge on any atom is 0.340 e. The summed E-state index contributed by atoms with van der Waals surface area (Å²) in [6.07, 6.45) is 3.45. The first kappa shape index (κ1) is 18.8. The second-order valence-electron chi connectivity index (χ2n) is 6.27. The third-order valence-corrected chi connectivity index (χ3v) is 4.67. The van der Waals surface area contributed by atoms with E-state index in [1.54, 1.807) is 6.07 Å². The first-order valence-corrected chi connectivity index (χ1v) is 8.21. The van der Waals surface area contributed by atoms with E-state index in [-0.39, 0.29) is 17.7 Å². The zero-order valence-corrected chi connectivity index (χ0v) is 14.5. The second kappa shape index (κ2) is 8.00. The van der Waals surface area contributed by atoms with Gasteiger partial charge in [-0.05, 0) is 31.0 Å². The number of rotatable bonds is 6.